The summed E-state index contributed by atoms with van der Waals surface area (Å²) in [6.45, 7) is 0. The van der Waals surface area contributed by atoms with Gasteiger partial charge in [0.15, 0.2) is 0 Å². The number of rotatable bonds is 4. The van der Waals surface area contributed by atoms with Gasteiger partial charge in [0.2, 0.25) is 5.88 Å². The predicted molar refractivity (Wildman–Crippen MR) is 93.6 cm³/mol. The van der Waals surface area contributed by atoms with Gasteiger partial charge in [0.05, 0.1) is 4.90 Å². The third kappa shape index (κ3) is 3.28. The number of aryl methyl sites for hydroxylation is 2. The monoisotopic (exact) mass is 355 g/mol. The first-order chi connectivity index (χ1) is 12.1. The van der Waals surface area contributed by atoms with E-state index in [9.17, 15) is 8.42 Å². The first-order valence-corrected chi connectivity index (χ1v) is 9.62. The second kappa shape index (κ2) is 6.33. The molecule has 0 fully saturated rings. The number of pyridine rings is 1. The summed E-state index contributed by atoms with van der Waals surface area (Å²) in [7, 11) is -3.71. The molecule has 1 aromatic carbocycles. The Kier molecular flexibility index (Phi) is 4.01. The molecule has 1 N–H and O–H groups in total. The van der Waals surface area contributed by atoms with Crippen molar-refractivity contribution in [1.82, 2.24) is 10.1 Å². The van der Waals surface area contributed by atoms with Crippen LogP contribution >= 0.6 is 0 Å². The molecule has 2 heterocycles. The molecule has 128 valence electrons. The van der Waals surface area contributed by atoms with Crippen LogP contribution in [0.4, 0.5) is 5.88 Å². The Morgan fingerprint density at radius 2 is 1.72 bits per heavy atom. The van der Waals surface area contributed by atoms with Crippen molar-refractivity contribution in [2.45, 2.75) is 30.6 Å². The number of hydrogen-bond acceptors (Lipinski definition) is 5. The molecular weight excluding hydrogens is 338 g/mol. The Balaban J connectivity index is 1.59. The molecule has 0 saturated carbocycles. The number of hydrogen-bond donors (Lipinski definition) is 1. The molecule has 3 aromatic rings. The van der Waals surface area contributed by atoms with E-state index in [1.165, 1.54) is 5.56 Å². The maximum Gasteiger partial charge on any atom is 0.264 e. The van der Waals surface area contributed by atoms with Crippen molar-refractivity contribution in [2.24, 2.45) is 0 Å². The topological polar surface area (TPSA) is 85.1 Å². The van der Waals surface area contributed by atoms with Crippen LogP contribution in [0.15, 0.2) is 58.2 Å². The van der Waals surface area contributed by atoms with E-state index >= 15 is 0 Å². The van der Waals surface area contributed by atoms with Crippen LogP contribution in [0.2, 0.25) is 0 Å². The molecule has 1 aliphatic rings. The molecule has 0 radical (unpaired) electrons. The fourth-order valence-electron chi connectivity index (χ4n) is 3.05. The summed E-state index contributed by atoms with van der Waals surface area (Å²) < 4.78 is 32.8. The van der Waals surface area contributed by atoms with E-state index in [1.54, 1.807) is 42.7 Å². The molecule has 4 rings (SSSR count). The Morgan fingerprint density at radius 3 is 2.52 bits per heavy atom. The molecule has 6 nitrogen and oxygen atoms in total. The summed E-state index contributed by atoms with van der Waals surface area (Å²) in [6.07, 6.45) is 7.48. The van der Waals surface area contributed by atoms with E-state index in [4.69, 9.17) is 4.52 Å². The van der Waals surface area contributed by atoms with Gasteiger partial charge in [-0.2, -0.15) is 0 Å². The third-order valence-electron chi connectivity index (χ3n) is 4.35. The molecule has 0 atom stereocenters. The van der Waals surface area contributed by atoms with Gasteiger partial charge in [-0.05, 0) is 61.1 Å². The van der Waals surface area contributed by atoms with E-state index in [0.717, 1.165) is 36.8 Å². The van der Waals surface area contributed by atoms with Gasteiger partial charge in [0, 0.05) is 24.0 Å². The summed E-state index contributed by atoms with van der Waals surface area (Å²) in [4.78, 5) is 4.19. The minimum absolute atomic E-state index is 0.0875. The Morgan fingerprint density at radius 1 is 0.960 bits per heavy atom. The highest BCUT2D eigenvalue weighted by atomic mass is 32.2. The van der Waals surface area contributed by atoms with Crippen LogP contribution in [0, 0.1) is 0 Å². The third-order valence-corrected chi connectivity index (χ3v) is 5.70. The Labute approximate surface area is 145 Å². The van der Waals surface area contributed by atoms with Gasteiger partial charge in [-0.1, -0.05) is 11.2 Å². The number of benzene rings is 1. The van der Waals surface area contributed by atoms with Gasteiger partial charge in [-0.15, -0.1) is 0 Å². The van der Waals surface area contributed by atoms with Crippen LogP contribution in [0.1, 0.15) is 24.0 Å². The zero-order valence-electron chi connectivity index (χ0n) is 13.5. The lowest BCUT2D eigenvalue weighted by Gasteiger charge is -2.16. The average Bonchev–Trinajstić information content (AvgIpc) is 3.10. The first kappa shape index (κ1) is 15.8. The fraction of sp³-hybridized carbons (Fsp3) is 0.222. The average molecular weight is 355 g/mol. The van der Waals surface area contributed by atoms with E-state index in [2.05, 4.69) is 14.9 Å². The van der Waals surface area contributed by atoms with E-state index in [0.29, 0.717) is 5.69 Å². The molecule has 2 aromatic heterocycles. The number of anilines is 1. The maximum absolute atomic E-state index is 12.6. The highest BCUT2D eigenvalue weighted by molar-refractivity contribution is 7.92. The van der Waals surface area contributed by atoms with Crippen LogP contribution < -0.4 is 4.72 Å². The number of sulfonamides is 1. The SMILES string of the molecule is O=S(=O)(Nc1cc(-c2ccncc2)no1)c1ccc2c(c1)CCCC2. The van der Waals surface area contributed by atoms with Crippen LogP contribution in [0.25, 0.3) is 11.3 Å². The van der Waals surface area contributed by atoms with Crippen molar-refractivity contribution in [1.29, 1.82) is 0 Å². The number of nitrogens with zero attached hydrogens (tertiary/aromatic N) is 2. The summed E-state index contributed by atoms with van der Waals surface area (Å²) in [5.41, 5.74) is 3.71. The van der Waals surface area contributed by atoms with Gasteiger partial charge in [0.25, 0.3) is 10.0 Å². The second-order valence-corrected chi connectivity index (χ2v) is 7.74. The molecule has 0 saturated heterocycles. The number of aromatic nitrogens is 2. The van der Waals surface area contributed by atoms with Crippen LogP contribution in [-0.2, 0) is 22.9 Å². The van der Waals surface area contributed by atoms with E-state index in [1.807, 2.05) is 6.07 Å². The minimum Gasteiger partial charge on any atom is -0.337 e. The summed E-state index contributed by atoms with van der Waals surface area (Å²) in [5, 5.41) is 3.90. The van der Waals surface area contributed by atoms with Gasteiger partial charge >= 0.3 is 0 Å². The Hall–Kier alpha value is -2.67. The van der Waals surface area contributed by atoms with Gasteiger partial charge in [0.1, 0.15) is 5.69 Å². The quantitative estimate of drug-likeness (QED) is 0.775. The molecule has 7 heteroatoms. The van der Waals surface area contributed by atoms with Crippen LogP contribution in [0.3, 0.4) is 0 Å². The molecule has 1 aliphatic carbocycles. The van der Waals surface area contributed by atoms with Crippen molar-refractivity contribution >= 4 is 15.9 Å². The second-order valence-electron chi connectivity index (χ2n) is 6.06. The number of nitrogens with one attached hydrogen (secondary N) is 1. The molecule has 0 unspecified atom stereocenters. The smallest absolute Gasteiger partial charge is 0.264 e. The highest BCUT2D eigenvalue weighted by Crippen LogP contribution is 2.26. The van der Waals surface area contributed by atoms with Crippen molar-refractivity contribution < 1.29 is 12.9 Å². The standard InChI is InChI=1S/C18H17N3O3S/c22-25(23,16-6-5-13-3-1-2-4-15(13)11-16)21-18-12-17(20-24-18)14-7-9-19-10-8-14/h5-12,21H,1-4H2. The van der Waals surface area contributed by atoms with Crippen LogP contribution in [0.5, 0.6) is 0 Å². The number of fused-ring (bicyclic) bond motifs is 1. The zero-order valence-corrected chi connectivity index (χ0v) is 14.3. The van der Waals surface area contributed by atoms with Gasteiger partial charge in [-0.25, -0.2) is 13.1 Å². The molecule has 0 amide bonds. The summed E-state index contributed by atoms with van der Waals surface area (Å²) in [5.74, 6) is 0.0875. The van der Waals surface area contributed by atoms with E-state index in [-0.39, 0.29) is 10.8 Å². The lowest BCUT2D eigenvalue weighted by molar-refractivity contribution is 0.438. The summed E-state index contributed by atoms with van der Waals surface area (Å²) in [6, 6.07) is 10.4. The lowest BCUT2D eigenvalue weighted by atomic mass is 9.92. The van der Waals surface area contributed by atoms with Crippen molar-refractivity contribution in [3.05, 3.63) is 59.9 Å². The maximum atomic E-state index is 12.6. The lowest BCUT2D eigenvalue weighted by Crippen LogP contribution is -2.14. The van der Waals surface area contributed by atoms with Crippen molar-refractivity contribution in [3.63, 3.8) is 0 Å². The Bertz CT molecular complexity index is 997. The predicted octanol–water partition coefficient (Wildman–Crippen LogP) is 3.42. The summed E-state index contributed by atoms with van der Waals surface area (Å²) >= 11 is 0. The fourth-order valence-corrected chi connectivity index (χ4v) is 4.07. The molecule has 0 bridgehead atoms. The van der Waals surface area contributed by atoms with Crippen molar-refractivity contribution in [2.75, 3.05) is 4.72 Å². The molecule has 0 aliphatic heterocycles. The van der Waals surface area contributed by atoms with Gasteiger partial charge < -0.3 is 4.52 Å². The van der Waals surface area contributed by atoms with Gasteiger partial charge in [-0.3, -0.25) is 4.98 Å². The normalized spacial score (nSPS) is 14.1. The highest BCUT2D eigenvalue weighted by Gasteiger charge is 2.20. The van der Waals surface area contributed by atoms with Crippen LogP contribution in [-0.4, -0.2) is 18.6 Å². The molecular formula is C18H17N3O3S. The minimum atomic E-state index is -3.71. The van der Waals surface area contributed by atoms with Crippen molar-refractivity contribution in [3.8, 4) is 11.3 Å². The first-order valence-electron chi connectivity index (χ1n) is 8.13. The van der Waals surface area contributed by atoms with E-state index < -0.39 is 10.0 Å². The zero-order chi connectivity index (χ0) is 17.3. The molecule has 25 heavy (non-hydrogen) atoms. The largest absolute Gasteiger partial charge is 0.337 e. The molecule has 0 spiro atoms.